The van der Waals surface area contributed by atoms with Gasteiger partial charge in [0, 0.05) is 31.9 Å². The second-order valence-corrected chi connectivity index (χ2v) is 6.43. The summed E-state index contributed by atoms with van der Waals surface area (Å²) in [7, 11) is 2.20. The molecule has 0 aromatic heterocycles. The smallest absolute Gasteiger partial charge is 0.0801 e. The summed E-state index contributed by atoms with van der Waals surface area (Å²) < 4.78 is 5.83. The second kappa shape index (κ2) is 4.80. The van der Waals surface area contributed by atoms with E-state index in [9.17, 15) is 0 Å². The van der Waals surface area contributed by atoms with Gasteiger partial charge >= 0.3 is 0 Å². The number of hydrogen-bond donors (Lipinski definition) is 0. The van der Waals surface area contributed by atoms with Gasteiger partial charge in [-0.25, -0.2) is 0 Å². The van der Waals surface area contributed by atoms with E-state index in [0.29, 0.717) is 0 Å². The fraction of sp³-hybridized carbons (Fsp3) is 0.625. The van der Waals surface area contributed by atoms with Crippen LogP contribution in [0.4, 0.5) is 5.69 Å². The summed E-state index contributed by atoms with van der Waals surface area (Å²) in [6, 6.07) is 6.77. The molecule has 0 unspecified atom stereocenters. The normalized spacial score (nSPS) is 23.2. The van der Waals surface area contributed by atoms with E-state index in [-0.39, 0.29) is 5.60 Å². The first kappa shape index (κ1) is 12.9. The highest BCUT2D eigenvalue weighted by Crippen LogP contribution is 2.31. The molecule has 104 valence electrons. The molecule has 2 aliphatic heterocycles. The number of hydrogen-bond acceptors (Lipinski definition) is 3. The fourth-order valence-corrected chi connectivity index (χ4v) is 3.25. The maximum Gasteiger partial charge on any atom is 0.0801 e. The predicted molar refractivity (Wildman–Crippen MR) is 78.7 cm³/mol. The van der Waals surface area contributed by atoms with Crippen LogP contribution in [-0.4, -0.2) is 43.8 Å². The Labute approximate surface area is 116 Å². The highest BCUT2D eigenvalue weighted by atomic mass is 16.5. The lowest BCUT2D eigenvalue weighted by atomic mass is 9.96. The minimum absolute atomic E-state index is 0.0353. The zero-order valence-corrected chi connectivity index (χ0v) is 12.3. The topological polar surface area (TPSA) is 15.7 Å². The van der Waals surface area contributed by atoms with E-state index < -0.39 is 0 Å². The number of morpholine rings is 1. The lowest BCUT2D eigenvalue weighted by molar-refractivity contribution is -0.0277. The van der Waals surface area contributed by atoms with Crippen LogP contribution in [0.5, 0.6) is 0 Å². The van der Waals surface area contributed by atoms with Gasteiger partial charge in [0.05, 0.1) is 12.2 Å². The first-order valence-corrected chi connectivity index (χ1v) is 7.23. The highest BCUT2D eigenvalue weighted by Gasteiger charge is 2.29. The number of nitrogens with zero attached hydrogens (tertiary/aromatic N) is 2. The summed E-state index contributed by atoms with van der Waals surface area (Å²) in [4.78, 5) is 4.91. The predicted octanol–water partition coefficient (Wildman–Crippen LogP) is 2.29. The van der Waals surface area contributed by atoms with Gasteiger partial charge in [0.1, 0.15) is 0 Å². The summed E-state index contributed by atoms with van der Waals surface area (Å²) in [5, 5.41) is 0. The molecule has 3 heteroatoms. The number of rotatable bonds is 1. The first-order chi connectivity index (χ1) is 9.05. The molecule has 2 heterocycles. The number of likely N-dealkylation sites (N-methyl/N-ethyl adjacent to an activating group) is 1. The van der Waals surface area contributed by atoms with Crippen molar-refractivity contribution in [3.63, 3.8) is 0 Å². The molecule has 0 saturated carbocycles. The van der Waals surface area contributed by atoms with Crippen molar-refractivity contribution in [2.45, 2.75) is 32.4 Å². The Morgan fingerprint density at radius 2 is 2.05 bits per heavy atom. The Balaban J connectivity index is 1.91. The van der Waals surface area contributed by atoms with E-state index in [4.69, 9.17) is 4.74 Å². The van der Waals surface area contributed by atoms with Crippen molar-refractivity contribution in [1.29, 1.82) is 0 Å². The lowest BCUT2D eigenvalue weighted by Crippen LogP contribution is -2.48. The van der Waals surface area contributed by atoms with Crippen LogP contribution in [0.15, 0.2) is 18.2 Å². The van der Waals surface area contributed by atoms with E-state index in [1.54, 1.807) is 5.56 Å². The molecule has 1 fully saturated rings. The Bertz CT molecular complexity index is 470. The van der Waals surface area contributed by atoms with Gasteiger partial charge in [-0.15, -0.1) is 0 Å². The summed E-state index contributed by atoms with van der Waals surface area (Å²) >= 11 is 0. The van der Waals surface area contributed by atoms with Crippen molar-refractivity contribution >= 4 is 5.69 Å². The van der Waals surface area contributed by atoms with Gasteiger partial charge in [-0.05, 0) is 44.5 Å². The van der Waals surface area contributed by atoms with Crippen LogP contribution < -0.4 is 4.90 Å². The zero-order chi connectivity index (χ0) is 13.5. The quantitative estimate of drug-likeness (QED) is 0.770. The van der Waals surface area contributed by atoms with Crippen molar-refractivity contribution in [2.24, 2.45) is 0 Å². The van der Waals surface area contributed by atoms with E-state index in [2.05, 4.69) is 48.9 Å². The average molecular weight is 260 g/mol. The molecule has 19 heavy (non-hydrogen) atoms. The molecular weight excluding hydrogens is 236 g/mol. The largest absolute Gasteiger partial charge is 0.372 e. The molecule has 2 aliphatic rings. The van der Waals surface area contributed by atoms with Crippen LogP contribution in [0.2, 0.25) is 0 Å². The second-order valence-electron chi connectivity index (χ2n) is 6.43. The fourth-order valence-electron chi connectivity index (χ4n) is 3.25. The van der Waals surface area contributed by atoms with Crippen molar-refractivity contribution in [3.8, 4) is 0 Å². The summed E-state index contributed by atoms with van der Waals surface area (Å²) in [6.45, 7) is 9.44. The lowest BCUT2D eigenvalue weighted by Gasteiger charge is -2.41. The van der Waals surface area contributed by atoms with E-state index in [0.717, 1.165) is 32.8 Å². The summed E-state index contributed by atoms with van der Waals surface area (Å²) in [6.07, 6.45) is 1.17. The molecule has 1 saturated heterocycles. The molecule has 0 spiro atoms. The minimum atomic E-state index is -0.0353. The third-order valence-electron chi connectivity index (χ3n) is 4.20. The number of ether oxygens (including phenoxy) is 1. The summed E-state index contributed by atoms with van der Waals surface area (Å²) in [5.74, 6) is 0. The number of fused-ring (bicyclic) bond motifs is 1. The molecule has 1 aromatic carbocycles. The first-order valence-electron chi connectivity index (χ1n) is 7.23. The van der Waals surface area contributed by atoms with E-state index in [1.807, 2.05) is 0 Å². The van der Waals surface area contributed by atoms with Crippen LogP contribution in [0.1, 0.15) is 25.0 Å². The molecule has 0 amide bonds. The Kier molecular flexibility index (Phi) is 3.27. The Hall–Kier alpha value is -1.06. The standard InChI is InChI=1S/C16H24N2O/c1-16(2)12-18(9-10-19-16)15-6-4-5-13-11-17(3)8-7-14(13)15/h4-6H,7-12H2,1-3H3. The van der Waals surface area contributed by atoms with Crippen molar-refractivity contribution < 1.29 is 4.74 Å². The minimum Gasteiger partial charge on any atom is -0.372 e. The van der Waals surface area contributed by atoms with Gasteiger partial charge in [-0.1, -0.05) is 12.1 Å². The average Bonchev–Trinajstić information content (AvgIpc) is 2.36. The van der Waals surface area contributed by atoms with Gasteiger partial charge in [0.15, 0.2) is 0 Å². The highest BCUT2D eigenvalue weighted by molar-refractivity contribution is 5.58. The summed E-state index contributed by atoms with van der Waals surface area (Å²) in [5.41, 5.74) is 4.45. The molecule has 0 atom stereocenters. The number of benzene rings is 1. The Morgan fingerprint density at radius 3 is 2.84 bits per heavy atom. The van der Waals surface area contributed by atoms with E-state index >= 15 is 0 Å². The van der Waals surface area contributed by atoms with Gasteiger partial charge < -0.3 is 14.5 Å². The third-order valence-corrected chi connectivity index (χ3v) is 4.20. The monoisotopic (exact) mass is 260 g/mol. The number of anilines is 1. The van der Waals surface area contributed by atoms with Crippen molar-refractivity contribution in [2.75, 3.05) is 38.2 Å². The van der Waals surface area contributed by atoms with Crippen molar-refractivity contribution in [1.82, 2.24) is 4.90 Å². The van der Waals surface area contributed by atoms with Crippen LogP contribution >= 0.6 is 0 Å². The zero-order valence-electron chi connectivity index (χ0n) is 12.3. The van der Waals surface area contributed by atoms with Crippen LogP contribution in [0.3, 0.4) is 0 Å². The van der Waals surface area contributed by atoms with E-state index in [1.165, 1.54) is 17.7 Å². The molecule has 1 aromatic rings. The van der Waals surface area contributed by atoms with Crippen LogP contribution in [0.25, 0.3) is 0 Å². The molecular formula is C16H24N2O. The van der Waals surface area contributed by atoms with Crippen LogP contribution in [0, 0.1) is 0 Å². The van der Waals surface area contributed by atoms with Crippen LogP contribution in [-0.2, 0) is 17.7 Å². The van der Waals surface area contributed by atoms with Crippen molar-refractivity contribution in [3.05, 3.63) is 29.3 Å². The van der Waals surface area contributed by atoms with Gasteiger partial charge in [0.2, 0.25) is 0 Å². The molecule has 0 N–H and O–H groups in total. The van der Waals surface area contributed by atoms with Gasteiger partial charge in [-0.2, -0.15) is 0 Å². The third kappa shape index (κ3) is 2.63. The SMILES string of the molecule is CN1CCc2c(cccc2N2CCOC(C)(C)C2)C1. The molecule has 3 rings (SSSR count). The maximum absolute atomic E-state index is 5.83. The van der Waals surface area contributed by atoms with Gasteiger partial charge in [0.25, 0.3) is 0 Å². The molecule has 0 bridgehead atoms. The molecule has 0 radical (unpaired) electrons. The Morgan fingerprint density at radius 1 is 1.21 bits per heavy atom. The molecule has 0 aliphatic carbocycles. The maximum atomic E-state index is 5.83. The molecule has 3 nitrogen and oxygen atoms in total. The van der Waals surface area contributed by atoms with Gasteiger partial charge in [-0.3, -0.25) is 0 Å².